The molecule has 0 spiro atoms. The largest absolute Gasteiger partial charge is 0.381 e. The molecule has 0 bridgehead atoms. The van der Waals surface area contributed by atoms with Gasteiger partial charge in [-0.2, -0.15) is 0 Å². The Morgan fingerprint density at radius 3 is 2.46 bits per heavy atom. The van der Waals surface area contributed by atoms with E-state index in [2.05, 4.69) is 20.1 Å². The second-order valence-electron chi connectivity index (χ2n) is 8.33. The second kappa shape index (κ2) is 8.59. The van der Waals surface area contributed by atoms with E-state index in [4.69, 9.17) is 4.74 Å². The lowest BCUT2D eigenvalue weighted by atomic mass is 9.95. The predicted molar refractivity (Wildman–Crippen MR) is 103 cm³/mol. The van der Waals surface area contributed by atoms with E-state index >= 15 is 0 Å². The Morgan fingerprint density at radius 2 is 1.75 bits per heavy atom. The number of piperidine rings is 1. The molecular weight excluding hydrogens is 358 g/mol. The molecule has 2 fully saturated rings. The molecule has 1 N–H and O–H groups in total. The third kappa shape index (κ3) is 4.21. The highest BCUT2D eigenvalue weighted by Gasteiger charge is 2.29. The van der Waals surface area contributed by atoms with E-state index in [1.165, 1.54) is 0 Å². The van der Waals surface area contributed by atoms with Crippen molar-refractivity contribution in [3.05, 3.63) is 11.6 Å². The highest BCUT2D eigenvalue weighted by molar-refractivity contribution is 5.79. The first-order valence-corrected chi connectivity index (χ1v) is 10.7. The molecule has 3 aliphatic heterocycles. The zero-order chi connectivity index (χ0) is 19.5. The van der Waals surface area contributed by atoms with Crippen LogP contribution in [0.2, 0.25) is 0 Å². The fourth-order valence-corrected chi connectivity index (χ4v) is 4.69. The Bertz CT molecular complexity index is 705. The van der Waals surface area contributed by atoms with Gasteiger partial charge in [-0.15, -0.1) is 10.2 Å². The first-order chi connectivity index (χ1) is 13.6. The Kier molecular flexibility index (Phi) is 5.94. The van der Waals surface area contributed by atoms with Gasteiger partial charge in [0.05, 0.1) is 0 Å². The van der Waals surface area contributed by atoms with Crippen molar-refractivity contribution in [2.75, 3.05) is 26.3 Å². The van der Waals surface area contributed by atoms with Gasteiger partial charge in [-0.25, -0.2) is 0 Å². The summed E-state index contributed by atoms with van der Waals surface area (Å²) in [7, 11) is 0. The molecule has 8 nitrogen and oxygen atoms in total. The molecule has 1 aromatic rings. The van der Waals surface area contributed by atoms with Crippen LogP contribution in [0.5, 0.6) is 0 Å². The molecule has 8 heteroatoms. The van der Waals surface area contributed by atoms with Crippen molar-refractivity contribution in [3.63, 3.8) is 0 Å². The third-order valence-electron chi connectivity index (χ3n) is 6.52. The van der Waals surface area contributed by atoms with Crippen molar-refractivity contribution < 1.29 is 14.3 Å². The lowest BCUT2D eigenvalue weighted by Gasteiger charge is -2.31. The zero-order valence-electron chi connectivity index (χ0n) is 16.7. The number of rotatable bonds is 3. The fraction of sp³-hybridized carbons (Fsp3) is 0.800. The number of fused-ring (bicyclic) bond motifs is 1. The standard InChI is InChI=1S/C20H31N5O3/c1-14(26)24-9-4-16(5-10-24)20(27)21-17-2-3-18-22-23-19(25(18)11-6-17)15-7-12-28-13-8-15/h15-17H,2-13H2,1H3,(H,21,27). The number of hydrogen-bond donors (Lipinski definition) is 1. The Hall–Kier alpha value is -1.96. The Morgan fingerprint density at radius 1 is 1.00 bits per heavy atom. The summed E-state index contributed by atoms with van der Waals surface area (Å²) < 4.78 is 7.76. The van der Waals surface area contributed by atoms with Crippen LogP contribution in [-0.4, -0.2) is 63.8 Å². The Labute approximate surface area is 166 Å². The molecule has 0 radical (unpaired) electrons. The molecule has 1 aromatic heterocycles. The van der Waals surface area contributed by atoms with Gasteiger partial charge in [0.15, 0.2) is 0 Å². The van der Waals surface area contributed by atoms with Crippen molar-refractivity contribution in [2.24, 2.45) is 5.92 Å². The average Bonchev–Trinajstić information content (AvgIpc) is 3.03. The number of carbonyl (C=O) groups excluding carboxylic acids is 2. The van der Waals surface area contributed by atoms with Gasteiger partial charge in [-0.1, -0.05) is 0 Å². The molecule has 1 atom stereocenters. The van der Waals surface area contributed by atoms with E-state index in [0.717, 1.165) is 76.4 Å². The summed E-state index contributed by atoms with van der Waals surface area (Å²) in [6.45, 7) is 5.44. The summed E-state index contributed by atoms with van der Waals surface area (Å²) in [4.78, 5) is 26.0. The van der Waals surface area contributed by atoms with Crippen LogP contribution in [0.15, 0.2) is 0 Å². The van der Waals surface area contributed by atoms with Crippen LogP contribution in [0.4, 0.5) is 0 Å². The predicted octanol–water partition coefficient (Wildman–Crippen LogP) is 1.25. The van der Waals surface area contributed by atoms with E-state index in [9.17, 15) is 9.59 Å². The summed E-state index contributed by atoms with van der Waals surface area (Å²) in [5, 5.41) is 12.2. The van der Waals surface area contributed by atoms with Gasteiger partial charge in [0.25, 0.3) is 0 Å². The van der Waals surface area contributed by atoms with Gasteiger partial charge in [-0.3, -0.25) is 9.59 Å². The van der Waals surface area contributed by atoms with Crippen LogP contribution >= 0.6 is 0 Å². The van der Waals surface area contributed by atoms with Crippen molar-refractivity contribution in [2.45, 2.75) is 70.4 Å². The van der Waals surface area contributed by atoms with Crippen molar-refractivity contribution in [3.8, 4) is 0 Å². The molecule has 3 aliphatic rings. The van der Waals surface area contributed by atoms with E-state index in [1.54, 1.807) is 6.92 Å². The minimum absolute atomic E-state index is 0.0235. The van der Waals surface area contributed by atoms with Crippen LogP contribution in [0, 0.1) is 5.92 Å². The van der Waals surface area contributed by atoms with Crippen molar-refractivity contribution >= 4 is 11.8 Å². The number of aryl methyl sites for hydroxylation is 1. The minimum atomic E-state index is 0.0235. The molecule has 0 saturated carbocycles. The number of aromatic nitrogens is 3. The Balaban J connectivity index is 1.31. The van der Waals surface area contributed by atoms with E-state index in [-0.39, 0.29) is 23.8 Å². The van der Waals surface area contributed by atoms with Gasteiger partial charge in [-0.05, 0) is 38.5 Å². The highest BCUT2D eigenvalue weighted by Crippen LogP contribution is 2.28. The van der Waals surface area contributed by atoms with Gasteiger partial charge in [0, 0.05) is 64.1 Å². The maximum Gasteiger partial charge on any atom is 0.223 e. The monoisotopic (exact) mass is 389 g/mol. The van der Waals surface area contributed by atoms with E-state index in [1.807, 2.05) is 4.90 Å². The van der Waals surface area contributed by atoms with Gasteiger partial charge < -0.3 is 19.5 Å². The number of ether oxygens (including phenoxy) is 1. The molecule has 28 heavy (non-hydrogen) atoms. The highest BCUT2D eigenvalue weighted by atomic mass is 16.5. The molecular formula is C20H31N5O3. The molecule has 4 rings (SSSR count). The smallest absolute Gasteiger partial charge is 0.223 e. The summed E-state index contributed by atoms with van der Waals surface area (Å²) in [5.74, 6) is 2.86. The lowest BCUT2D eigenvalue weighted by molar-refractivity contribution is -0.134. The molecule has 0 aliphatic carbocycles. The third-order valence-corrected chi connectivity index (χ3v) is 6.52. The minimum Gasteiger partial charge on any atom is -0.381 e. The summed E-state index contributed by atoms with van der Waals surface area (Å²) >= 11 is 0. The van der Waals surface area contributed by atoms with E-state index < -0.39 is 0 Å². The SMILES string of the molecule is CC(=O)N1CCC(C(=O)NC2CCc3nnc(C4CCOCC4)n3CC2)CC1. The summed E-state index contributed by atoms with van der Waals surface area (Å²) in [6, 6.07) is 0.183. The number of hydrogen-bond acceptors (Lipinski definition) is 5. The average molecular weight is 390 g/mol. The molecule has 1 unspecified atom stereocenters. The maximum atomic E-state index is 12.7. The normalized spacial score (nSPS) is 24.5. The number of carbonyl (C=O) groups is 2. The quantitative estimate of drug-likeness (QED) is 0.840. The van der Waals surface area contributed by atoms with Crippen LogP contribution in [0.1, 0.15) is 63.0 Å². The molecule has 4 heterocycles. The second-order valence-corrected chi connectivity index (χ2v) is 8.33. The van der Waals surface area contributed by atoms with Crippen molar-refractivity contribution in [1.29, 1.82) is 0 Å². The fourth-order valence-electron chi connectivity index (χ4n) is 4.69. The molecule has 154 valence electrons. The van der Waals surface area contributed by atoms with Gasteiger partial charge in [0.2, 0.25) is 11.8 Å². The first kappa shape index (κ1) is 19.4. The van der Waals surface area contributed by atoms with Crippen molar-refractivity contribution in [1.82, 2.24) is 25.0 Å². The van der Waals surface area contributed by atoms with Crippen LogP contribution in [0.3, 0.4) is 0 Å². The molecule has 0 aromatic carbocycles. The summed E-state index contributed by atoms with van der Waals surface area (Å²) in [5.41, 5.74) is 0. The molecule has 2 amide bonds. The van der Waals surface area contributed by atoms with Crippen LogP contribution in [0.25, 0.3) is 0 Å². The topological polar surface area (TPSA) is 89.3 Å². The van der Waals surface area contributed by atoms with Gasteiger partial charge in [0.1, 0.15) is 11.6 Å². The maximum absolute atomic E-state index is 12.7. The lowest BCUT2D eigenvalue weighted by Crippen LogP contribution is -2.45. The first-order valence-electron chi connectivity index (χ1n) is 10.7. The summed E-state index contributed by atoms with van der Waals surface area (Å²) in [6.07, 6.45) is 6.22. The van der Waals surface area contributed by atoms with E-state index in [0.29, 0.717) is 19.0 Å². The van der Waals surface area contributed by atoms with Gasteiger partial charge >= 0.3 is 0 Å². The number of nitrogens with one attached hydrogen (secondary N) is 1. The molecule has 2 saturated heterocycles. The van der Waals surface area contributed by atoms with Crippen LogP contribution < -0.4 is 5.32 Å². The van der Waals surface area contributed by atoms with Crippen LogP contribution in [-0.2, 0) is 27.3 Å². The number of nitrogens with zero attached hydrogens (tertiary/aromatic N) is 4. The number of likely N-dealkylation sites (tertiary alicyclic amines) is 1. The zero-order valence-corrected chi connectivity index (χ0v) is 16.7. The number of amides is 2.